The first-order valence-electron chi connectivity index (χ1n) is 8.21. The molecular formula is C17H21ClN4O2S. The highest BCUT2D eigenvalue weighted by atomic mass is 35.5. The predicted octanol–water partition coefficient (Wildman–Crippen LogP) is 2.69. The van der Waals surface area contributed by atoms with Gasteiger partial charge in [0.15, 0.2) is 9.84 Å². The number of nitrogens with zero attached hydrogens (tertiary/aromatic N) is 2. The molecule has 0 spiro atoms. The van der Waals surface area contributed by atoms with Crippen molar-refractivity contribution < 1.29 is 8.42 Å². The van der Waals surface area contributed by atoms with E-state index in [1.54, 1.807) is 0 Å². The summed E-state index contributed by atoms with van der Waals surface area (Å²) in [5.41, 5.74) is 2.01. The van der Waals surface area contributed by atoms with E-state index in [4.69, 9.17) is 11.6 Å². The number of halogens is 1. The van der Waals surface area contributed by atoms with Crippen LogP contribution in [0.4, 0.5) is 11.8 Å². The zero-order valence-electron chi connectivity index (χ0n) is 14.0. The molecule has 0 saturated carbocycles. The van der Waals surface area contributed by atoms with Gasteiger partial charge in [0.2, 0.25) is 5.95 Å². The molecule has 1 unspecified atom stereocenters. The lowest BCUT2D eigenvalue weighted by molar-refractivity contribution is 0.602. The third-order valence-corrected chi connectivity index (χ3v) is 6.07. The normalized spacial score (nSPS) is 18.9. The molecule has 2 aromatic rings. The van der Waals surface area contributed by atoms with Crippen LogP contribution in [0.1, 0.15) is 17.7 Å². The Bertz CT molecular complexity index is 840. The van der Waals surface area contributed by atoms with Crippen molar-refractivity contribution in [3.63, 3.8) is 0 Å². The van der Waals surface area contributed by atoms with Crippen molar-refractivity contribution in [1.82, 2.24) is 9.97 Å². The standard InChI is InChI=1S/C17H21ClN4O2S/c1-12-10-16(21-15-7-9-25(23,24)11-15)22-17(20-12)19-8-6-13-2-4-14(18)5-3-13/h2-5,10,15H,6-9,11H2,1H3,(H2,19,20,21,22). The minimum absolute atomic E-state index is 0.0822. The molecule has 1 aliphatic heterocycles. The second-order valence-corrected chi connectivity index (χ2v) is 8.93. The average Bonchev–Trinajstić information content (AvgIpc) is 2.87. The quantitative estimate of drug-likeness (QED) is 0.801. The van der Waals surface area contributed by atoms with Crippen LogP contribution in [-0.4, -0.2) is 42.5 Å². The molecule has 0 amide bonds. The van der Waals surface area contributed by atoms with Gasteiger partial charge in [0.1, 0.15) is 5.82 Å². The molecule has 25 heavy (non-hydrogen) atoms. The lowest BCUT2D eigenvalue weighted by atomic mass is 10.1. The van der Waals surface area contributed by atoms with E-state index in [0.29, 0.717) is 24.7 Å². The van der Waals surface area contributed by atoms with Crippen LogP contribution in [0.15, 0.2) is 30.3 Å². The SMILES string of the molecule is Cc1cc(NC2CCS(=O)(=O)C2)nc(NCCc2ccc(Cl)cc2)n1. The van der Waals surface area contributed by atoms with Gasteiger partial charge in [-0.2, -0.15) is 4.98 Å². The molecule has 0 aliphatic carbocycles. The van der Waals surface area contributed by atoms with Gasteiger partial charge in [0, 0.05) is 29.4 Å². The summed E-state index contributed by atoms with van der Waals surface area (Å²) in [6.07, 6.45) is 1.45. The molecule has 0 radical (unpaired) electrons. The number of aryl methyl sites for hydroxylation is 1. The van der Waals surface area contributed by atoms with Gasteiger partial charge in [-0.3, -0.25) is 0 Å². The Morgan fingerprint density at radius 3 is 2.68 bits per heavy atom. The van der Waals surface area contributed by atoms with Crippen LogP contribution < -0.4 is 10.6 Å². The Morgan fingerprint density at radius 1 is 1.24 bits per heavy atom. The lowest BCUT2D eigenvalue weighted by Crippen LogP contribution is -2.22. The minimum atomic E-state index is -2.91. The highest BCUT2D eigenvalue weighted by molar-refractivity contribution is 7.91. The van der Waals surface area contributed by atoms with Crippen molar-refractivity contribution >= 4 is 33.2 Å². The van der Waals surface area contributed by atoms with Crippen LogP contribution in [0.5, 0.6) is 0 Å². The molecular weight excluding hydrogens is 360 g/mol. The molecule has 1 aromatic carbocycles. The summed E-state index contributed by atoms with van der Waals surface area (Å²) in [7, 11) is -2.91. The van der Waals surface area contributed by atoms with Gasteiger partial charge < -0.3 is 10.6 Å². The Balaban J connectivity index is 1.58. The maximum absolute atomic E-state index is 11.6. The second kappa shape index (κ2) is 7.58. The van der Waals surface area contributed by atoms with Crippen molar-refractivity contribution in [2.75, 3.05) is 28.7 Å². The van der Waals surface area contributed by atoms with Gasteiger partial charge in [-0.15, -0.1) is 0 Å². The Labute approximate surface area is 153 Å². The first-order valence-corrected chi connectivity index (χ1v) is 10.4. The number of hydrogen-bond donors (Lipinski definition) is 2. The van der Waals surface area contributed by atoms with Crippen molar-refractivity contribution in [3.8, 4) is 0 Å². The largest absolute Gasteiger partial charge is 0.366 e. The highest BCUT2D eigenvalue weighted by Crippen LogP contribution is 2.18. The number of hydrogen-bond acceptors (Lipinski definition) is 6. The second-order valence-electron chi connectivity index (χ2n) is 6.27. The van der Waals surface area contributed by atoms with Crippen LogP contribution in [0.2, 0.25) is 5.02 Å². The molecule has 1 aliphatic rings. The summed E-state index contributed by atoms with van der Waals surface area (Å²) in [5.74, 6) is 1.59. The van der Waals surface area contributed by atoms with Gasteiger partial charge in [-0.1, -0.05) is 23.7 Å². The van der Waals surface area contributed by atoms with Crippen LogP contribution in [0, 0.1) is 6.92 Å². The number of rotatable bonds is 6. The number of aromatic nitrogens is 2. The summed E-state index contributed by atoms with van der Waals surface area (Å²) in [6.45, 7) is 2.59. The number of benzene rings is 1. The van der Waals surface area contributed by atoms with E-state index in [9.17, 15) is 8.42 Å². The Morgan fingerprint density at radius 2 is 2.00 bits per heavy atom. The van der Waals surface area contributed by atoms with Crippen molar-refractivity contribution in [1.29, 1.82) is 0 Å². The predicted molar refractivity (Wildman–Crippen MR) is 101 cm³/mol. The van der Waals surface area contributed by atoms with Crippen LogP contribution in [0.3, 0.4) is 0 Å². The third kappa shape index (κ3) is 5.31. The first kappa shape index (κ1) is 17.9. The average molecular weight is 381 g/mol. The summed E-state index contributed by atoms with van der Waals surface area (Å²) in [5, 5.41) is 7.15. The summed E-state index contributed by atoms with van der Waals surface area (Å²) in [4.78, 5) is 8.82. The molecule has 3 rings (SSSR count). The van der Waals surface area contributed by atoms with E-state index < -0.39 is 9.84 Å². The summed E-state index contributed by atoms with van der Waals surface area (Å²) >= 11 is 5.88. The maximum Gasteiger partial charge on any atom is 0.224 e. The number of sulfone groups is 1. The summed E-state index contributed by atoms with van der Waals surface area (Å²) in [6, 6.07) is 9.48. The fourth-order valence-electron chi connectivity index (χ4n) is 2.81. The molecule has 134 valence electrons. The van der Waals surface area contributed by atoms with E-state index in [1.807, 2.05) is 37.3 Å². The first-order chi connectivity index (χ1) is 11.9. The Hall–Kier alpha value is -1.86. The monoisotopic (exact) mass is 380 g/mol. The van der Waals surface area contributed by atoms with Gasteiger partial charge in [0.05, 0.1) is 11.5 Å². The maximum atomic E-state index is 11.6. The highest BCUT2D eigenvalue weighted by Gasteiger charge is 2.28. The van der Waals surface area contributed by atoms with E-state index >= 15 is 0 Å². The number of nitrogens with one attached hydrogen (secondary N) is 2. The fourth-order valence-corrected chi connectivity index (χ4v) is 4.61. The van der Waals surface area contributed by atoms with E-state index in [0.717, 1.165) is 17.1 Å². The zero-order valence-corrected chi connectivity index (χ0v) is 15.6. The van der Waals surface area contributed by atoms with E-state index in [2.05, 4.69) is 20.6 Å². The van der Waals surface area contributed by atoms with Gasteiger partial charge in [0.25, 0.3) is 0 Å². The Kier molecular flexibility index (Phi) is 5.44. The molecule has 6 nitrogen and oxygen atoms in total. The fraction of sp³-hybridized carbons (Fsp3) is 0.412. The van der Waals surface area contributed by atoms with Gasteiger partial charge >= 0.3 is 0 Å². The van der Waals surface area contributed by atoms with Crippen LogP contribution in [0.25, 0.3) is 0 Å². The van der Waals surface area contributed by atoms with E-state index in [-0.39, 0.29) is 17.5 Å². The number of anilines is 2. The van der Waals surface area contributed by atoms with E-state index in [1.165, 1.54) is 5.56 Å². The van der Waals surface area contributed by atoms with Gasteiger partial charge in [-0.05, 0) is 37.5 Å². The molecule has 1 atom stereocenters. The molecule has 1 aromatic heterocycles. The topological polar surface area (TPSA) is 84.0 Å². The van der Waals surface area contributed by atoms with Crippen LogP contribution in [-0.2, 0) is 16.3 Å². The third-order valence-electron chi connectivity index (χ3n) is 4.05. The minimum Gasteiger partial charge on any atom is -0.366 e. The molecule has 0 bridgehead atoms. The van der Waals surface area contributed by atoms with Crippen LogP contribution >= 0.6 is 11.6 Å². The van der Waals surface area contributed by atoms with Gasteiger partial charge in [-0.25, -0.2) is 13.4 Å². The summed E-state index contributed by atoms with van der Waals surface area (Å²) < 4.78 is 23.1. The molecule has 2 heterocycles. The van der Waals surface area contributed by atoms with Crippen molar-refractivity contribution in [2.24, 2.45) is 0 Å². The van der Waals surface area contributed by atoms with Crippen molar-refractivity contribution in [3.05, 3.63) is 46.6 Å². The smallest absolute Gasteiger partial charge is 0.224 e. The molecule has 1 saturated heterocycles. The zero-order chi connectivity index (χ0) is 17.9. The lowest BCUT2D eigenvalue weighted by Gasteiger charge is -2.13. The molecule has 8 heteroatoms. The molecule has 1 fully saturated rings. The van der Waals surface area contributed by atoms with Crippen molar-refractivity contribution in [2.45, 2.75) is 25.8 Å². The molecule has 2 N–H and O–H groups in total.